The van der Waals surface area contributed by atoms with Crippen molar-refractivity contribution in [2.24, 2.45) is 0 Å². The fourth-order valence-corrected chi connectivity index (χ4v) is 2.45. The number of nitrogens with zero attached hydrogens (tertiary/aromatic N) is 1. The Morgan fingerprint density at radius 3 is 2.43 bits per heavy atom. The van der Waals surface area contributed by atoms with Crippen LogP contribution in [0.3, 0.4) is 0 Å². The molecule has 2 aromatic carbocycles. The third kappa shape index (κ3) is 4.82. The molecule has 3 rings (SSSR count). The number of hydrogen-bond donors (Lipinski definition) is 2. The van der Waals surface area contributed by atoms with Crippen molar-refractivity contribution >= 4 is 23.0 Å². The van der Waals surface area contributed by atoms with Crippen molar-refractivity contribution < 1.29 is 18.3 Å². The largest absolute Gasteiger partial charge is 0.489 e. The monoisotopic (exact) mass is 383 g/mol. The van der Waals surface area contributed by atoms with Gasteiger partial charge in [0.15, 0.2) is 11.6 Å². The van der Waals surface area contributed by atoms with E-state index >= 15 is 0 Å². The fraction of sp³-hybridized carbons (Fsp3) is 0.143. The molecule has 0 aliphatic heterocycles. The number of halogens is 2. The maximum atomic E-state index is 13.2. The van der Waals surface area contributed by atoms with E-state index in [0.717, 1.165) is 17.8 Å². The molecule has 0 saturated heterocycles. The average molecular weight is 383 g/mol. The van der Waals surface area contributed by atoms with Crippen molar-refractivity contribution in [2.45, 2.75) is 20.0 Å². The molecule has 28 heavy (non-hydrogen) atoms. The number of hydrogen-bond acceptors (Lipinski definition) is 4. The number of aromatic nitrogens is 1. The molecule has 1 aromatic heterocycles. The molecular formula is C21H19F2N3O2. The van der Waals surface area contributed by atoms with Crippen LogP contribution in [0.2, 0.25) is 0 Å². The van der Waals surface area contributed by atoms with E-state index in [0.29, 0.717) is 11.4 Å². The second-order valence-electron chi connectivity index (χ2n) is 6.30. The summed E-state index contributed by atoms with van der Waals surface area (Å²) >= 11 is 0. The number of pyridine rings is 1. The van der Waals surface area contributed by atoms with Gasteiger partial charge in [0.25, 0.3) is 5.91 Å². The molecule has 2 N–H and O–H groups in total. The summed E-state index contributed by atoms with van der Waals surface area (Å²) in [7, 11) is 0. The van der Waals surface area contributed by atoms with E-state index in [2.05, 4.69) is 15.6 Å². The molecular weight excluding hydrogens is 364 g/mol. The van der Waals surface area contributed by atoms with E-state index in [1.165, 1.54) is 18.3 Å². The van der Waals surface area contributed by atoms with Gasteiger partial charge in [0, 0.05) is 11.8 Å². The highest BCUT2D eigenvalue weighted by Crippen LogP contribution is 2.28. The lowest BCUT2D eigenvalue weighted by molar-refractivity contribution is 0.102. The van der Waals surface area contributed by atoms with Gasteiger partial charge in [0.1, 0.15) is 11.4 Å². The number of nitrogens with one attached hydrogen (secondary N) is 2. The lowest BCUT2D eigenvalue weighted by Gasteiger charge is -2.15. The highest BCUT2D eigenvalue weighted by atomic mass is 19.2. The quantitative estimate of drug-likeness (QED) is 0.618. The topological polar surface area (TPSA) is 63.2 Å². The van der Waals surface area contributed by atoms with Crippen molar-refractivity contribution in [2.75, 3.05) is 10.6 Å². The third-order valence-electron chi connectivity index (χ3n) is 3.70. The van der Waals surface area contributed by atoms with Gasteiger partial charge in [0.05, 0.1) is 23.7 Å². The lowest BCUT2D eigenvalue weighted by atomic mass is 10.2. The van der Waals surface area contributed by atoms with Crippen molar-refractivity contribution in [3.05, 3.63) is 78.1 Å². The Labute approximate surface area is 161 Å². The fourth-order valence-electron chi connectivity index (χ4n) is 2.45. The Balaban J connectivity index is 1.70. The van der Waals surface area contributed by atoms with Crippen LogP contribution >= 0.6 is 0 Å². The molecule has 1 amide bonds. The maximum Gasteiger partial charge on any atom is 0.274 e. The van der Waals surface area contributed by atoms with Crippen molar-refractivity contribution in [1.29, 1.82) is 0 Å². The van der Waals surface area contributed by atoms with Gasteiger partial charge >= 0.3 is 0 Å². The normalized spacial score (nSPS) is 10.6. The SMILES string of the molecule is CC(C)Oc1ccccc1Nc1ccc(C(=O)Nc2ccc(F)c(F)c2)nc1. The molecule has 1 heterocycles. The predicted octanol–water partition coefficient (Wildman–Crippen LogP) is 5.14. The summed E-state index contributed by atoms with van der Waals surface area (Å²) in [6.07, 6.45) is 1.54. The van der Waals surface area contributed by atoms with Crippen LogP contribution < -0.4 is 15.4 Å². The molecule has 0 radical (unpaired) electrons. The molecule has 144 valence electrons. The number of carbonyl (C=O) groups excluding carboxylic acids is 1. The van der Waals surface area contributed by atoms with Crippen LogP contribution in [0.1, 0.15) is 24.3 Å². The number of carbonyl (C=O) groups is 1. The van der Waals surface area contributed by atoms with Crippen LogP contribution in [0, 0.1) is 11.6 Å². The molecule has 5 nitrogen and oxygen atoms in total. The van der Waals surface area contributed by atoms with Crippen LogP contribution in [0.15, 0.2) is 60.8 Å². The Kier molecular flexibility index (Phi) is 5.84. The van der Waals surface area contributed by atoms with E-state index in [1.54, 1.807) is 6.07 Å². The first-order valence-corrected chi connectivity index (χ1v) is 8.67. The number of rotatable bonds is 6. The van der Waals surface area contributed by atoms with E-state index in [1.807, 2.05) is 38.1 Å². The Hall–Kier alpha value is -3.48. The highest BCUT2D eigenvalue weighted by Gasteiger charge is 2.11. The molecule has 0 atom stereocenters. The summed E-state index contributed by atoms with van der Waals surface area (Å²) in [6, 6.07) is 13.9. The van der Waals surface area contributed by atoms with Crippen LogP contribution in [0.4, 0.5) is 25.8 Å². The molecule has 0 aliphatic carbocycles. The molecule has 0 unspecified atom stereocenters. The summed E-state index contributed by atoms with van der Waals surface area (Å²) in [5.74, 6) is -1.83. The summed E-state index contributed by atoms with van der Waals surface area (Å²) < 4.78 is 32.0. The maximum absolute atomic E-state index is 13.2. The first-order chi connectivity index (χ1) is 13.4. The average Bonchev–Trinajstić information content (AvgIpc) is 2.66. The Morgan fingerprint density at radius 2 is 1.75 bits per heavy atom. The van der Waals surface area contributed by atoms with Gasteiger partial charge < -0.3 is 15.4 Å². The molecule has 0 bridgehead atoms. The van der Waals surface area contributed by atoms with Gasteiger partial charge in [-0.1, -0.05) is 12.1 Å². The molecule has 3 aromatic rings. The Morgan fingerprint density at radius 1 is 1.00 bits per heavy atom. The molecule has 0 fully saturated rings. The van der Waals surface area contributed by atoms with E-state index in [9.17, 15) is 13.6 Å². The first kappa shape index (κ1) is 19.3. The second-order valence-corrected chi connectivity index (χ2v) is 6.30. The highest BCUT2D eigenvalue weighted by molar-refractivity contribution is 6.02. The van der Waals surface area contributed by atoms with Crippen LogP contribution in [0.25, 0.3) is 0 Å². The summed E-state index contributed by atoms with van der Waals surface area (Å²) in [5, 5.41) is 5.67. The van der Waals surface area contributed by atoms with Crippen LogP contribution in [-0.2, 0) is 0 Å². The first-order valence-electron chi connectivity index (χ1n) is 8.67. The number of anilines is 3. The van der Waals surface area contributed by atoms with Crippen molar-refractivity contribution in [3.63, 3.8) is 0 Å². The minimum Gasteiger partial charge on any atom is -0.489 e. The molecule has 7 heteroatoms. The predicted molar refractivity (Wildman–Crippen MR) is 104 cm³/mol. The lowest BCUT2D eigenvalue weighted by Crippen LogP contribution is -2.14. The van der Waals surface area contributed by atoms with Crippen LogP contribution in [0.5, 0.6) is 5.75 Å². The number of para-hydroxylation sites is 2. The zero-order valence-electron chi connectivity index (χ0n) is 15.4. The standard InChI is InChI=1S/C21H19F2N3O2/c1-13(2)28-20-6-4-3-5-18(20)25-15-8-10-19(24-12-15)21(27)26-14-7-9-16(22)17(23)11-14/h3-13,25H,1-2H3,(H,26,27). The zero-order chi connectivity index (χ0) is 20.1. The second kappa shape index (κ2) is 8.47. The molecule has 0 spiro atoms. The van der Waals surface area contributed by atoms with Gasteiger partial charge in [-0.25, -0.2) is 13.8 Å². The van der Waals surface area contributed by atoms with Crippen LogP contribution in [-0.4, -0.2) is 17.0 Å². The van der Waals surface area contributed by atoms with Gasteiger partial charge in [-0.15, -0.1) is 0 Å². The van der Waals surface area contributed by atoms with Gasteiger partial charge in [-0.05, 0) is 50.2 Å². The summed E-state index contributed by atoms with van der Waals surface area (Å²) in [4.78, 5) is 16.3. The number of amides is 1. The molecule has 0 saturated carbocycles. The van der Waals surface area contributed by atoms with Gasteiger partial charge in [-0.2, -0.15) is 0 Å². The minimum atomic E-state index is -1.03. The van der Waals surface area contributed by atoms with E-state index < -0.39 is 17.5 Å². The molecule has 0 aliphatic rings. The summed E-state index contributed by atoms with van der Waals surface area (Å²) in [5.41, 5.74) is 1.73. The Bertz CT molecular complexity index is 976. The number of ether oxygens (including phenoxy) is 1. The number of benzene rings is 2. The zero-order valence-corrected chi connectivity index (χ0v) is 15.4. The van der Waals surface area contributed by atoms with Crippen molar-refractivity contribution in [1.82, 2.24) is 4.98 Å². The van der Waals surface area contributed by atoms with Gasteiger partial charge in [-0.3, -0.25) is 4.79 Å². The summed E-state index contributed by atoms with van der Waals surface area (Å²) in [6.45, 7) is 3.89. The van der Waals surface area contributed by atoms with E-state index in [-0.39, 0.29) is 17.5 Å². The minimum absolute atomic E-state index is 0.0310. The smallest absolute Gasteiger partial charge is 0.274 e. The van der Waals surface area contributed by atoms with Crippen molar-refractivity contribution in [3.8, 4) is 5.75 Å². The third-order valence-corrected chi connectivity index (χ3v) is 3.70. The van der Waals surface area contributed by atoms with Gasteiger partial charge in [0.2, 0.25) is 0 Å². The van der Waals surface area contributed by atoms with E-state index in [4.69, 9.17) is 4.74 Å².